The van der Waals surface area contributed by atoms with Crippen LogP contribution in [0.4, 0.5) is 0 Å². The van der Waals surface area contributed by atoms with Gasteiger partial charge in [0.2, 0.25) is 17.7 Å². The average Bonchev–Trinajstić information content (AvgIpc) is 3.35. The largest absolute Gasteiger partial charge is 0.508 e. The molecule has 36 heavy (non-hydrogen) atoms. The van der Waals surface area contributed by atoms with Gasteiger partial charge in [-0.2, -0.15) is 11.8 Å². The first kappa shape index (κ1) is 28.7. The van der Waals surface area contributed by atoms with Crippen LogP contribution >= 0.6 is 11.8 Å². The molecular weight excluding hydrogens is 488 g/mol. The zero-order valence-corrected chi connectivity index (χ0v) is 20.9. The van der Waals surface area contributed by atoms with Gasteiger partial charge in [0, 0.05) is 18.3 Å². The van der Waals surface area contributed by atoms with Crippen molar-refractivity contribution in [3.63, 3.8) is 0 Å². The third kappa shape index (κ3) is 9.23. The molecule has 1 aromatic heterocycles. The lowest BCUT2D eigenvalue weighted by atomic mass is 10.0. The molecule has 3 amide bonds. The molecule has 4 atom stereocenters. The number of phenolic OH excluding ortho intramolecular Hbond substituents is 1. The lowest BCUT2D eigenvalue weighted by Gasteiger charge is -2.23. The Morgan fingerprint density at radius 3 is 2.28 bits per heavy atom. The summed E-state index contributed by atoms with van der Waals surface area (Å²) in [6.45, 7) is 1.42. The molecule has 0 aliphatic heterocycles. The quantitative estimate of drug-likeness (QED) is 0.172. The van der Waals surface area contributed by atoms with Gasteiger partial charge in [-0.1, -0.05) is 12.1 Å². The lowest BCUT2D eigenvalue weighted by molar-refractivity contribution is -0.142. The molecule has 0 aliphatic rings. The summed E-state index contributed by atoms with van der Waals surface area (Å²) in [5.74, 6) is -2.42. The number of H-pyrrole nitrogens is 1. The number of phenols is 1. The van der Waals surface area contributed by atoms with Gasteiger partial charge in [-0.15, -0.1) is 0 Å². The highest BCUT2D eigenvalue weighted by Crippen LogP contribution is 2.11. The number of carbonyl (C=O) groups is 4. The molecule has 2 aromatic rings. The molecule has 4 unspecified atom stereocenters. The van der Waals surface area contributed by atoms with Crippen molar-refractivity contribution in [2.24, 2.45) is 5.73 Å². The van der Waals surface area contributed by atoms with Crippen LogP contribution in [0.15, 0.2) is 36.8 Å². The molecule has 8 N–H and O–H groups in total. The van der Waals surface area contributed by atoms with E-state index in [1.165, 1.54) is 43.3 Å². The second-order valence-corrected chi connectivity index (χ2v) is 9.22. The molecule has 0 saturated carbocycles. The molecule has 12 nitrogen and oxygen atoms in total. The molecule has 0 radical (unpaired) electrons. The smallest absolute Gasteiger partial charge is 0.326 e. The van der Waals surface area contributed by atoms with Crippen LogP contribution in [0.2, 0.25) is 0 Å². The highest BCUT2D eigenvalue weighted by molar-refractivity contribution is 7.98. The molecule has 196 valence electrons. The maximum atomic E-state index is 13.0. The van der Waals surface area contributed by atoms with Crippen LogP contribution in [-0.2, 0) is 32.0 Å². The molecule has 0 aliphatic carbocycles. The maximum Gasteiger partial charge on any atom is 0.326 e. The Balaban J connectivity index is 2.04. The van der Waals surface area contributed by atoms with Gasteiger partial charge in [0.15, 0.2) is 0 Å². The van der Waals surface area contributed by atoms with E-state index in [1.54, 1.807) is 12.1 Å². The number of aromatic amines is 1. The van der Waals surface area contributed by atoms with Crippen molar-refractivity contribution in [1.29, 1.82) is 0 Å². The molecule has 2 rings (SSSR count). The van der Waals surface area contributed by atoms with Crippen LogP contribution in [0.1, 0.15) is 24.6 Å². The minimum atomic E-state index is -1.16. The van der Waals surface area contributed by atoms with Crippen LogP contribution in [0.25, 0.3) is 0 Å². The number of aromatic nitrogens is 2. The van der Waals surface area contributed by atoms with E-state index < -0.39 is 47.9 Å². The third-order valence-electron chi connectivity index (χ3n) is 5.32. The van der Waals surface area contributed by atoms with Gasteiger partial charge in [0.25, 0.3) is 0 Å². The number of carboxylic acid groups (broad SMARTS) is 1. The number of nitrogens with zero attached hydrogens (tertiary/aromatic N) is 1. The molecular formula is C23H32N6O6S. The van der Waals surface area contributed by atoms with E-state index in [0.717, 1.165) is 5.56 Å². The van der Waals surface area contributed by atoms with E-state index in [9.17, 15) is 29.4 Å². The lowest BCUT2D eigenvalue weighted by Crippen LogP contribution is -2.57. The second kappa shape index (κ2) is 14.1. The van der Waals surface area contributed by atoms with Crippen molar-refractivity contribution in [1.82, 2.24) is 25.9 Å². The standard InChI is InChI=1S/C23H32N6O6S/c1-13(20(31)28-18(23(34)35)7-8-36-2)27-22(33)19(10-15-11-25-12-26-15)29-21(32)17(24)9-14-3-5-16(30)6-4-14/h3-6,11-13,17-19,30H,7-10,24H2,1-2H3,(H,25,26)(H,27,33)(H,28,31)(H,29,32)(H,34,35). The Hall–Kier alpha value is -3.58. The van der Waals surface area contributed by atoms with E-state index in [0.29, 0.717) is 11.4 Å². The van der Waals surface area contributed by atoms with Gasteiger partial charge in [0.05, 0.1) is 12.4 Å². The number of amides is 3. The summed E-state index contributed by atoms with van der Waals surface area (Å²) in [4.78, 5) is 56.5. The van der Waals surface area contributed by atoms with Crippen molar-refractivity contribution in [3.8, 4) is 5.75 Å². The summed E-state index contributed by atoms with van der Waals surface area (Å²) in [7, 11) is 0. The molecule has 1 heterocycles. The maximum absolute atomic E-state index is 13.0. The number of benzene rings is 1. The number of nitrogens with one attached hydrogen (secondary N) is 4. The summed E-state index contributed by atoms with van der Waals surface area (Å²) < 4.78 is 0. The summed E-state index contributed by atoms with van der Waals surface area (Å²) in [5, 5.41) is 26.3. The SMILES string of the molecule is CSCCC(NC(=O)C(C)NC(=O)C(Cc1cnc[nH]1)NC(=O)C(N)Cc1ccc(O)cc1)C(=O)O. The number of carbonyl (C=O) groups excluding carboxylic acids is 3. The average molecular weight is 521 g/mol. The van der Waals surface area contributed by atoms with Crippen molar-refractivity contribution in [3.05, 3.63) is 48.0 Å². The first-order valence-corrected chi connectivity index (χ1v) is 12.6. The fourth-order valence-corrected chi connectivity index (χ4v) is 3.72. The normalized spacial score (nSPS) is 14.2. The number of thioether (sulfide) groups is 1. The molecule has 0 bridgehead atoms. The van der Waals surface area contributed by atoms with E-state index in [-0.39, 0.29) is 25.0 Å². The van der Waals surface area contributed by atoms with E-state index >= 15 is 0 Å². The van der Waals surface area contributed by atoms with Crippen LogP contribution in [0.5, 0.6) is 5.75 Å². The zero-order valence-electron chi connectivity index (χ0n) is 20.1. The predicted octanol–water partition coefficient (Wildman–Crippen LogP) is -0.460. The first-order valence-electron chi connectivity index (χ1n) is 11.2. The Morgan fingerprint density at radius 2 is 1.69 bits per heavy atom. The van der Waals surface area contributed by atoms with E-state index in [2.05, 4.69) is 25.9 Å². The van der Waals surface area contributed by atoms with Crippen molar-refractivity contribution in [2.75, 3.05) is 12.0 Å². The van der Waals surface area contributed by atoms with Crippen LogP contribution in [0.3, 0.4) is 0 Å². The third-order valence-corrected chi connectivity index (χ3v) is 5.96. The topological polar surface area (TPSA) is 200 Å². The van der Waals surface area contributed by atoms with E-state index in [4.69, 9.17) is 5.73 Å². The van der Waals surface area contributed by atoms with Gasteiger partial charge in [-0.3, -0.25) is 14.4 Å². The summed E-state index contributed by atoms with van der Waals surface area (Å²) >= 11 is 1.45. The summed E-state index contributed by atoms with van der Waals surface area (Å²) in [6, 6.07) is 2.06. The molecule has 0 saturated heterocycles. The Labute approximate surface area is 212 Å². The van der Waals surface area contributed by atoms with Gasteiger partial charge in [-0.25, -0.2) is 9.78 Å². The van der Waals surface area contributed by atoms with Gasteiger partial charge >= 0.3 is 5.97 Å². The zero-order chi connectivity index (χ0) is 26.7. The minimum Gasteiger partial charge on any atom is -0.508 e. The van der Waals surface area contributed by atoms with Gasteiger partial charge < -0.3 is 36.9 Å². The highest BCUT2D eigenvalue weighted by atomic mass is 32.2. The van der Waals surface area contributed by atoms with Crippen LogP contribution in [-0.4, -0.2) is 80.0 Å². The Bertz CT molecular complexity index is 1020. The Kier molecular flexibility index (Phi) is 11.2. The number of aromatic hydroxyl groups is 1. The minimum absolute atomic E-state index is 0.0588. The molecule has 0 spiro atoms. The van der Waals surface area contributed by atoms with Crippen molar-refractivity contribution < 1.29 is 29.4 Å². The van der Waals surface area contributed by atoms with Crippen LogP contribution < -0.4 is 21.7 Å². The number of nitrogens with two attached hydrogens (primary N) is 1. The second-order valence-electron chi connectivity index (χ2n) is 8.23. The van der Waals surface area contributed by atoms with Crippen molar-refractivity contribution in [2.45, 2.75) is 50.4 Å². The van der Waals surface area contributed by atoms with Gasteiger partial charge in [-0.05, 0) is 49.5 Å². The number of hydrogen-bond acceptors (Lipinski definition) is 8. The number of imidazole rings is 1. The van der Waals surface area contributed by atoms with Crippen molar-refractivity contribution >= 4 is 35.5 Å². The molecule has 0 fully saturated rings. The first-order chi connectivity index (χ1) is 17.1. The number of rotatable bonds is 14. The number of hydrogen-bond donors (Lipinski definition) is 7. The predicted molar refractivity (Wildman–Crippen MR) is 134 cm³/mol. The van der Waals surface area contributed by atoms with Crippen LogP contribution in [0, 0.1) is 0 Å². The molecule has 13 heteroatoms. The van der Waals surface area contributed by atoms with E-state index in [1.807, 2.05) is 6.26 Å². The summed E-state index contributed by atoms with van der Waals surface area (Å²) in [6.07, 6.45) is 5.23. The Morgan fingerprint density at radius 1 is 1.03 bits per heavy atom. The number of carboxylic acids is 1. The fraction of sp³-hybridized carbons (Fsp3) is 0.435. The highest BCUT2D eigenvalue weighted by Gasteiger charge is 2.28. The number of aliphatic carboxylic acids is 1. The summed E-state index contributed by atoms with van der Waals surface area (Å²) in [5.41, 5.74) is 7.33. The van der Waals surface area contributed by atoms with Gasteiger partial charge in [0.1, 0.15) is 23.9 Å². The monoisotopic (exact) mass is 520 g/mol. The fourth-order valence-electron chi connectivity index (χ4n) is 3.25. The molecule has 1 aromatic carbocycles.